The second-order valence-electron chi connectivity index (χ2n) is 4.75. The van der Waals surface area contributed by atoms with Crippen molar-refractivity contribution in [2.24, 2.45) is 11.7 Å². The molecule has 1 amide bonds. The van der Waals surface area contributed by atoms with E-state index in [1.165, 1.54) is 0 Å². The molecule has 1 unspecified atom stereocenters. The lowest BCUT2D eigenvalue weighted by Gasteiger charge is -2.29. The standard InChI is InChI=1S/C12H19N3OS.2ClH/c1-9(8-13)10(16)15-12(4-2-3-5-12)11-14-6-7-17-11;;/h6-7,9H,2-5,8,13H2,1H3,(H,15,16);2*1H. The first kappa shape index (κ1) is 18.6. The molecule has 0 aromatic carbocycles. The molecule has 1 heterocycles. The second kappa shape index (κ2) is 8.04. The number of rotatable bonds is 4. The number of aromatic nitrogens is 1. The number of nitrogens with zero attached hydrogens (tertiary/aromatic N) is 1. The minimum Gasteiger partial charge on any atom is -0.344 e. The molecule has 1 aromatic heterocycles. The van der Waals surface area contributed by atoms with E-state index in [4.69, 9.17) is 5.73 Å². The highest BCUT2D eigenvalue weighted by Gasteiger charge is 2.39. The highest BCUT2D eigenvalue weighted by molar-refractivity contribution is 7.09. The molecule has 2 rings (SSSR count). The van der Waals surface area contributed by atoms with Gasteiger partial charge in [0.15, 0.2) is 0 Å². The normalized spacial score (nSPS) is 18.0. The van der Waals surface area contributed by atoms with Gasteiger partial charge < -0.3 is 11.1 Å². The third-order valence-corrected chi connectivity index (χ3v) is 4.44. The molecule has 110 valence electrons. The van der Waals surface area contributed by atoms with Crippen LogP contribution in [0.1, 0.15) is 37.6 Å². The van der Waals surface area contributed by atoms with E-state index in [2.05, 4.69) is 10.3 Å². The molecule has 0 spiro atoms. The number of amides is 1. The third kappa shape index (κ3) is 4.05. The van der Waals surface area contributed by atoms with E-state index in [-0.39, 0.29) is 42.2 Å². The maximum atomic E-state index is 12.0. The van der Waals surface area contributed by atoms with Gasteiger partial charge in [-0.3, -0.25) is 4.79 Å². The fourth-order valence-electron chi connectivity index (χ4n) is 2.30. The molecule has 1 aliphatic carbocycles. The molecular weight excluding hydrogens is 305 g/mol. The summed E-state index contributed by atoms with van der Waals surface area (Å²) in [4.78, 5) is 16.4. The summed E-state index contributed by atoms with van der Waals surface area (Å²) in [5, 5.41) is 6.18. The molecule has 19 heavy (non-hydrogen) atoms. The molecule has 0 bridgehead atoms. The zero-order valence-corrected chi connectivity index (χ0v) is 13.4. The second-order valence-corrected chi connectivity index (χ2v) is 5.65. The Morgan fingerprint density at radius 1 is 1.53 bits per heavy atom. The zero-order chi connectivity index (χ0) is 12.3. The van der Waals surface area contributed by atoms with E-state index in [1.54, 1.807) is 17.5 Å². The summed E-state index contributed by atoms with van der Waals surface area (Å²) >= 11 is 1.62. The fourth-order valence-corrected chi connectivity index (χ4v) is 3.15. The topological polar surface area (TPSA) is 68.0 Å². The lowest BCUT2D eigenvalue weighted by molar-refractivity contribution is -0.126. The van der Waals surface area contributed by atoms with Crippen molar-refractivity contribution in [2.75, 3.05) is 6.54 Å². The average molecular weight is 326 g/mol. The van der Waals surface area contributed by atoms with Crippen LogP contribution in [0.4, 0.5) is 0 Å². The first-order chi connectivity index (χ1) is 8.18. The lowest BCUT2D eigenvalue weighted by Crippen LogP contribution is -2.47. The Labute approximate surface area is 130 Å². The van der Waals surface area contributed by atoms with Gasteiger partial charge in [-0.15, -0.1) is 36.2 Å². The number of nitrogens with two attached hydrogens (primary N) is 1. The van der Waals surface area contributed by atoms with Crippen LogP contribution in [-0.2, 0) is 10.3 Å². The number of nitrogens with one attached hydrogen (secondary N) is 1. The number of thiazole rings is 1. The van der Waals surface area contributed by atoms with Crippen LogP contribution in [0.15, 0.2) is 11.6 Å². The average Bonchev–Trinajstić information content (AvgIpc) is 2.98. The lowest BCUT2D eigenvalue weighted by atomic mass is 9.97. The van der Waals surface area contributed by atoms with Crippen molar-refractivity contribution >= 4 is 42.1 Å². The minimum atomic E-state index is -0.227. The summed E-state index contributed by atoms with van der Waals surface area (Å²) in [6, 6.07) is 0. The molecule has 7 heteroatoms. The summed E-state index contributed by atoms with van der Waals surface area (Å²) in [7, 11) is 0. The van der Waals surface area contributed by atoms with Crippen LogP contribution in [0.3, 0.4) is 0 Å². The molecule has 1 saturated carbocycles. The summed E-state index contributed by atoms with van der Waals surface area (Å²) in [6.45, 7) is 2.25. The molecule has 0 saturated heterocycles. The van der Waals surface area contributed by atoms with Crippen LogP contribution in [0.2, 0.25) is 0 Å². The Morgan fingerprint density at radius 2 is 2.16 bits per heavy atom. The van der Waals surface area contributed by atoms with Gasteiger partial charge in [0, 0.05) is 24.0 Å². The van der Waals surface area contributed by atoms with Gasteiger partial charge in [-0.1, -0.05) is 19.8 Å². The van der Waals surface area contributed by atoms with Crippen molar-refractivity contribution in [3.05, 3.63) is 16.6 Å². The Bertz CT molecular complexity index is 380. The van der Waals surface area contributed by atoms with E-state index in [1.807, 2.05) is 12.3 Å². The van der Waals surface area contributed by atoms with Gasteiger partial charge in [-0.05, 0) is 12.8 Å². The molecule has 3 N–H and O–H groups in total. The van der Waals surface area contributed by atoms with Crippen LogP contribution in [-0.4, -0.2) is 17.4 Å². The molecular formula is C12H21Cl2N3OS. The molecule has 1 atom stereocenters. The number of carbonyl (C=O) groups is 1. The van der Waals surface area contributed by atoms with Crippen LogP contribution in [0.25, 0.3) is 0 Å². The van der Waals surface area contributed by atoms with Gasteiger partial charge >= 0.3 is 0 Å². The van der Waals surface area contributed by atoms with Crippen LogP contribution < -0.4 is 11.1 Å². The van der Waals surface area contributed by atoms with Gasteiger partial charge in [0.25, 0.3) is 0 Å². The molecule has 1 fully saturated rings. The Kier molecular flexibility index (Phi) is 7.89. The number of hydrogen-bond donors (Lipinski definition) is 2. The summed E-state index contributed by atoms with van der Waals surface area (Å²) in [6.07, 6.45) is 6.08. The predicted octanol–water partition coefficient (Wildman–Crippen LogP) is 2.47. The van der Waals surface area contributed by atoms with Crippen molar-refractivity contribution in [3.8, 4) is 0 Å². The Hall–Kier alpha value is -0.360. The minimum absolute atomic E-state index is 0. The van der Waals surface area contributed by atoms with Crippen molar-refractivity contribution in [2.45, 2.75) is 38.1 Å². The number of hydrogen-bond acceptors (Lipinski definition) is 4. The highest BCUT2D eigenvalue weighted by Crippen LogP contribution is 2.39. The van der Waals surface area contributed by atoms with Gasteiger partial charge in [0.2, 0.25) is 5.91 Å². The van der Waals surface area contributed by atoms with Gasteiger partial charge in [-0.25, -0.2) is 4.98 Å². The van der Waals surface area contributed by atoms with Crippen molar-refractivity contribution in [3.63, 3.8) is 0 Å². The molecule has 1 aromatic rings. The SMILES string of the molecule is CC(CN)C(=O)NC1(c2nccs2)CCCC1.Cl.Cl. The van der Waals surface area contributed by atoms with E-state index >= 15 is 0 Å². The fraction of sp³-hybridized carbons (Fsp3) is 0.667. The predicted molar refractivity (Wildman–Crippen MR) is 83.1 cm³/mol. The number of halogens is 2. The van der Waals surface area contributed by atoms with Crippen molar-refractivity contribution < 1.29 is 4.79 Å². The Balaban J connectivity index is 0.00000162. The monoisotopic (exact) mass is 325 g/mol. The van der Waals surface area contributed by atoms with Gasteiger partial charge in [0.05, 0.1) is 5.54 Å². The van der Waals surface area contributed by atoms with Gasteiger partial charge in [-0.2, -0.15) is 0 Å². The summed E-state index contributed by atoms with van der Waals surface area (Å²) in [5.41, 5.74) is 5.31. The van der Waals surface area contributed by atoms with Gasteiger partial charge in [0.1, 0.15) is 5.01 Å². The van der Waals surface area contributed by atoms with Crippen molar-refractivity contribution in [1.82, 2.24) is 10.3 Å². The molecule has 4 nitrogen and oxygen atoms in total. The summed E-state index contributed by atoms with van der Waals surface area (Å²) < 4.78 is 0. The van der Waals surface area contributed by atoms with Crippen LogP contribution >= 0.6 is 36.2 Å². The zero-order valence-electron chi connectivity index (χ0n) is 10.9. The van der Waals surface area contributed by atoms with Crippen LogP contribution in [0.5, 0.6) is 0 Å². The van der Waals surface area contributed by atoms with Crippen LogP contribution in [0, 0.1) is 5.92 Å². The van der Waals surface area contributed by atoms with E-state index in [0.29, 0.717) is 6.54 Å². The quantitative estimate of drug-likeness (QED) is 0.893. The number of carbonyl (C=O) groups excluding carboxylic acids is 1. The maximum absolute atomic E-state index is 12.0. The van der Waals surface area contributed by atoms with Crippen molar-refractivity contribution in [1.29, 1.82) is 0 Å². The molecule has 1 aliphatic rings. The Morgan fingerprint density at radius 3 is 2.63 bits per heavy atom. The van der Waals surface area contributed by atoms with E-state index in [9.17, 15) is 4.79 Å². The summed E-state index contributed by atoms with van der Waals surface area (Å²) in [5.74, 6) is -0.0861. The first-order valence-electron chi connectivity index (χ1n) is 6.10. The third-order valence-electron chi connectivity index (χ3n) is 3.46. The highest BCUT2D eigenvalue weighted by atomic mass is 35.5. The first-order valence-corrected chi connectivity index (χ1v) is 6.98. The largest absolute Gasteiger partial charge is 0.344 e. The van der Waals surface area contributed by atoms with E-state index in [0.717, 1.165) is 30.7 Å². The smallest absolute Gasteiger partial charge is 0.224 e. The molecule has 0 aliphatic heterocycles. The van der Waals surface area contributed by atoms with E-state index < -0.39 is 0 Å². The molecule has 0 radical (unpaired) electrons. The maximum Gasteiger partial charge on any atom is 0.224 e.